The number of anilines is 2. The predicted molar refractivity (Wildman–Crippen MR) is 127 cm³/mol. The van der Waals surface area contributed by atoms with Gasteiger partial charge < -0.3 is 24.6 Å². The molecule has 180 valence electrons. The van der Waals surface area contributed by atoms with Crippen LogP contribution in [-0.2, 0) is 4.79 Å². The minimum absolute atomic E-state index is 0.148. The number of ether oxygens (including phenoxy) is 1. The van der Waals surface area contributed by atoms with E-state index in [0.29, 0.717) is 17.3 Å². The van der Waals surface area contributed by atoms with Crippen molar-refractivity contribution in [2.24, 2.45) is 0 Å². The number of carbonyl (C=O) groups is 1. The Bertz CT molecular complexity index is 1500. The summed E-state index contributed by atoms with van der Waals surface area (Å²) >= 11 is 3.21. The monoisotopic (exact) mass is 547 g/mol. The number of rotatable bonds is 3. The molecular formula is C22H17BrF3N7O2. The molecule has 0 unspecified atom stereocenters. The zero-order valence-corrected chi connectivity index (χ0v) is 19.6. The molecule has 3 N–H and O–H groups in total. The van der Waals surface area contributed by atoms with Crippen LogP contribution in [0.5, 0.6) is 5.88 Å². The van der Waals surface area contributed by atoms with Crippen LogP contribution in [0, 0.1) is 0 Å². The second-order valence-electron chi connectivity index (χ2n) is 7.13. The van der Waals surface area contributed by atoms with E-state index in [1.807, 2.05) is 34.9 Å². The lowest BCUT2D eigenvalue weighted by atomic mass is 10.1. The van der Waals surface area contributed by atoms with Gasteiger partial charge in [-0.3, -0.25) is 4.79 Å². The van der Waals surface area contributed by atoms with Gasteiger partial charge in [0.05, 0.1) is 19.5 Å². The summed E-state index contributed by atoms with van der Waals surface area (Å²) in [5.41, 5.74) is 8.99. The molecule has 0 atom stereocenters. The maximum atomic E-state index is 12.0. The minimum atomic E-state index is -4.92. The van der Waals surface area contributed by atoms with Crippen molar-refractivity contribution >= 4 is 44.8 Å². The minimum Gasteiger partial charge on any atom is -0.481 e. The number of hydrogen-bond acceptors (Lipinski definition) is 6. The Morgan fingerprint density at radius 2 is 1.66 bits per heavy atom. The molecule has 35 heavy (non-hydrogen) atoms. The molecule has 0 radical (unpaired) electrons. The lowest BCUT2D eigenvalue weighted by molar-refractivity contribution is -0.167. The molecular weight excluding hydrogens is 531 g/mol. The van der Waals surface area contributed by atoms with Crippen molar-refractivity contribution < 1.29 is 22.7 Å². The number of carbonyl (C=O) groups excluding carboxylic acids is 1. The van der Waals surface area contributed by atoms with Gasteiger partial charge in [0.15, 0.2) is 5.82 Å². The van der Waals surface area contributed by atoms with Gasteiger partial charge in [-0.25, -0.2) is 15.0 Å². The first-order valence-electron chi connectivity index (χ1n) is 9.89. The number of hydrogen-bond donors (Lipinski definition) is 2. The number of nitrogen functional groups attached to an aromatic ring is 1. The van der Waals surface area contributed by atoms with Crippen molar-refractivity contribution in [3.8, 4) is 17.0 Å². The van der Waals surface area contributed by atoms with E-state index in [-0.39, 0.29) is 5.82 Å². The van der Waals surface area contributed by atoms with E-state index in [9.17, 15) is 18.0 Å². The van der Waals surface area contributed by atoms with Crippen molar-refractivity contribution in [1.82, 2.24) is 23.8 Å². The summed E-state index contributed by atoms with van der Waals surface area (Å²) in [5.74, 6) is -1.07. The highest BCUT2D eigenvalue weighted by molar-refractivity contribution is 9.10. The smallest absolute Gasteiger partial charge is 0.471 e. The van der Waals surface area contributed by atoms with Crippen molar-refractivity contribution in [3.05, 3.63) is 71.9 Å². The molecule has 5 aromatic heterocycles. The first-order valence-corrected chi connectivity index (χ1v) is 10.7. The second kappa shape index (κ2) is 9.62. The number of alkyl halides is 3. The SMILES string of the molecule is COc1ccc(-c2ccc3nc(N)cn3c2)cn1.O=C(Nc1cn2cc(Br)ccc2n1)C(F)(F)F. The molecule has 9 nitrogen and oxygen atoms in total. The molecule has 0 fully saturated rings. The van der Waals surface area contributed by atoms with Gasteiger partial charge in [-0.2, -0.15) is 13.2 Å². The highest BCUT2D eigenvalue weighted by Crippen LogP contribution is 2.22. The van der Waals surface area contributed by atoms with Crippen molar-refractivity contribution in [3.63, 3.8) is 0 Å². The van der Waals surface area contributed by atoms with Crippen LogP contribution in [0.4, 0.5) is 24.8 Å². The predicted octanol–water partition coefficient (Wildman–Crippen LogP) is 4.58. The Morgan fingerprint density at radius 3 is 2.34 bits per heavy atom. The van der Waals surface area contributed by atoms with E-state index >= 15 is 0 Å². The van der Waals surface area contributed by atoms with Crippen molar-refractivity contribution in [1.29, 1.82) is 0 Å². The van der Waals surface area contributed by atoms with Gasteiger partial charge in [0, 0.05) is 34.7 Å². The number of amides is 1. The van der Waals surface area contributed by atoms with Crippen LogP contribution in [-0.4, -0.2) is 42.9 Å². The van der Waals surface area contributed by atoms with E-state index in [1.54, 1.807) is 43.1 Å². The highest BCUT2D eigenvalue weighted by atomic mass is 79.9. The number of nitrogens with zero attached hydrogens (tertiary/aromatic N) is 5. The Morgan fingerprint density at radius 1 is 0.971 bits per heavy atom. The largest absolute Gasteiger partial charge is 0.481 e. The average Bonchev–Trinajstić information content (AvgIpc) is 3.39. The molecule has 0 aliphatic carbocycles. The molecule has 0 bridgehead atoms. The summed E-state index contributed by atoms with van der Waals surface area (Å²) < 4.78 is 45.2. The number of nitrogens with one attached hydrogen (secondary N) is 1. The van der Waals surface area contributed by atoms with E-state index in [0.717, 1.165) is 21.2 Å². The van der Waals surface area contributed by atoms with Gasteiger partial charge in [-0.1, -0.05) is 0 Å². The van der Waals surface area contributed by atoms with Crippen LogP contribution < -0.4 is 15.8 Å². The van der Waals surface area contributed by atoms with E-state index in [2.05, 4.69) is 30.9 Å². The summed E-state index contributed by atoms with van der Waals surface area (Å²) in [5, 5.41) is 1.68. The topological polar surface area (TPSA) is 112 Å². The van der Waals surface area contributed by atoms with Gasteiger partial charge in [0.1, 0.15) is 17.1 Å². The Labute approximate surface area is 204 Å². The highest BCUT2D eigenvalue weighted by Gasteiger charge is 2.39. The molecule has 0 saturated carbocycles. The number of fused-ring (bicyclic) bond motifs is 2. The van der Waals surface area contributed by atoms with E-state index < -0.39 is 12.1 Å². The fourth-order valence-electron chi connectivity index (χ4n) is 3.07. The van der Waals surface area contributed by atoms with Gasteiger partial charge in [-0.15, -0.1) is 0 Å². The zero-order chi connectivity index (χ0) is 25.2. The quantitative estimate of drug-likeness (QED) is 0.342. The fourth-order valence-corrected chi connectivity index (χ4v) is 3.42. The third-order valence-corrected chi connectivity index (χ3v) is 5.13. The third kappa shape index (κ3) is 5.69. The van der Waals surface area contributed by atoms with Crippen LogP contribution >= 0.6 is 15.9 Å². The number of pyridine rings is 3. The van der Waals surface area contributed by atoms with Crippen LogP contribution in [0.3, 0.4) is 0 Å². The number of aromatic nitrogens is 5. The molecule has 0 aliphatic rings. The average molecular weight is 548 g/mol. The summed E-state index contributed by atoms with van der Waals surface area (Å²) in [6, 6.07) is 11.0. The summed E-state index contributed by atoms with van der Waals surface area (Å²) in [7, 11) is 1.60. The van der Waals surface area contributed by atoms with Gasteiger partial charge in [0.2, 0.25) is 5.88 Å². The van der Waals surface area contributed by atoms with Gasteiger partial charge in [0.25, 0.3) is 0 Å². The maximum absolute atomic E-state index is 12.0. The first kappa shape index (κ1) is 24.0. The maximum Gasteiger partial charge on any atom is 0.471 e. The molecule has 5 heterocycles. The Balaban J connectivity index is 0.000000165. The standard InChI is InChI=1S/C13H12N4O.C9H5BrF3N3O/c1-18-13-5-3-9(6-15-13)10-2-4-12-16-11(14)8-17(12)7-10;10-5-1-2-7-14-6(4-16(7)3-5)15-8(17)9(11,12)13/h2-8H,14H2,1H3;1-4H,(H,15,17). The van der Waals surface area contributed by atoms with Crippen LogP contribution in [0.25, 0.3) is 22.4 Å². The fraction of sp³-hybridized carbons (Fsp3) is 0.0909. The van der Waals surface area contributed by atoms with E-state index in [1.165, 1.54) is 10.6 Å². The normalized spacial score (nSPS) is 11.2. The Hall–Kier alpha value is -4.13. The van der Waals surface area contributed by atoms with Crippen LogP contribution in [0.2, 0.25) is 0 Å². The first-order chi connectivity index (χ1) is 16.6. The molecule has 13 heteroatoms. The van der Waals surface area contributed by atoms with Gasteiger partial charge in [-0.05, 0) is 51.8 Å². The lowest BCUT2D eigenvalue weighted by Crippen LogP contribution is -2.30. The van der Waals surface area contributed by atoms with E-state index in [4.69, 9.17) is 10.5 Å². The lowest BCUT2D eigenvalue weighted by Gasteiger charge is -2.04. The van der Waals surface area contributed by atoms with Crippen molar-refractivity contribution in [2.75, 3.05) is 18.2 Å². The number of imidazole rings is 2. The van der Waals surface area contributed by atoms with Gasteiger partial charge >= 0.3 is 12.1 Å². The molecule has 5 aromatic rings. The third-order valence-electron chi connectivity index (χ3n) is 4.66. The summed E-state index contributed by atoms with van der Waals surface area (Å²) in [6.45, 7) is 0. The second-order valence-corrected chi connectivity index (χ2v) is 8.04. The molecule has 0 aliphatic heterocycles. The number of methoxy groups -OCH3 is 1. The number of halogens is 4. The molecule has 0 saturated heterocycles. The van der Waals surface area contributed by atoms with Crippen LogP contribution in [0.15, 0.2) is 71.9 Å². The summed E-state index contributed by atoms with van der Waals surface area (Å²) in [6.07, 6.45) is 3.53. The summed E-state index contributed by atoms with van der Waals surface area (Å²) in [4.78, 5) is 22.9. The molecule has 0 aromatic carbocycles. The molecule has 1 amide bonds. The Kier molecular flexibility index (Phi) is 6.60. The zero-order valence-electron chi connectivity index (χ0n) is 18.0. The number of nitrogens with two attached hydrogens (primary N) is 1. The van der Waals surface area contributed by atoms with Crippen molar-refractivity contribution in [2.45, 2.75) is 6.18 Å². The molecule has 5 rings (SSSR count). The van der Waals surface area contributed by atoms with Crippen LogP contribution in [0.1, 0.15) is 0 Å². The molecule has 0 spiro atoms.